The smallest absolute Gasteiger partial charge is 0.306 e. The van der Waals surface area contributed by atoms with Crippen molar-refractivity contribution in [1.29, 1.82) is 0 Å². The molecule has 0 aromatic rings. The fourth-order valence-corrected chi connectivity index (χ4v) is 6.91. The normalized spacial score (nSPS) is 12.9. The standard InChI is InChI=1S/C55H94O5/c1-3-5-7-9-11-13-15-17-19-21-22-23-24-25-26-27-28-29-30-31-32-34-36-38-40-42-44-46-48-50-55(58)60-53(51-56)52-59-54(57)49-47-45-43-41-39-37-35-33-20-18-16-14-12-10-8-6-4-2/h5,7,11-14,17-20,22-23,25-26,53,56H,3-4,6,8-10,15-16,21,24,27-52H2,1-2H3/b7-5-,13-11-,14-12-,19-17-,20-18-,23-22-,26-25-. The summed E-state index contributed by atoms with van der Waals surface area (Å²) in [4.78, 5) is 24.4. The van der Waals surface area contributed by atoms with Gasteiger partial charge in [-0.1, -0.05) is 214 Å². The summed E-state index contributed by atoms with van der Waals surface area (Å²) in [6.07, 6.45) is 69.6. The van der Waals surface area contributed by atoms with Crippen LogP contribution in [-0.4, -0.2) is 36.4 Å². The quantitative estimate of drug-likeness (QED) is 0.0376. The third kappa shape index (κ3) is 47.8. The van der Waals surface area contributed by atoms with Crippen molar-refractivity contribution in [1.82, 2.24) is 0 Å². The van der Waals surface area contributed by atoms with Gasteiger partial charge in [-0.05, 0) is 89.9 Å². The van der Waals surface area contributed by atoms with Crippen molar-refractivity contribution in [2.24, 2.45) is 0 Å². The minimum absolute atomic E-state index is 0.0728. The van der Waals surface area contributed by atoms with Gasteiger partial charge in [0.05, 0.1) is 6.61 Å². The molecule has 0 spiro atoms. The van der Waals surface area contributed by atoms with Crippen LogP contribution in [0.5, 0.6) is 0 Å². The summed E-state index contributed by atoms with van der Waals surface area (Å²) in [5.41, 5.74) is 0. The van der Waals surface area contributed by atoms with Crippen LogP contribution in [0.1, 0.15) is 232 Å². The first kappa shape index (κ1) is 57.1. The highest BCUT2D eigenvalue weighted by molar-refractivity contribution is 5.70. The van der Waals surface area contributed by atoms with Crippen LogP contribution >= 0.6 is 0 Å². The van der Waals surface area contributed by atoms with E-state index in [9.17, 15) is 14.7 Å². The summed E-state index contributed by atoms with van der Waals surface area (Å²) in [6, 6.07) is 0. The molecule has 0 amide bonds. The summed E-state index contributed by atoms with van der Waals surface area (Å²) in [5.74, 6) is -0.600. The van der Waals surface area contributed by atoms with E-state index in [1.54, 1.807) is 0 Å². The summed E-state index contributed by atoms with van der Waals surface area (Å²) < 4.78 is 10.7. The lowest BCUT2D eigenvalue weighted by Crippen LogP contribution is -2.28. The van der Waals surface area contributed by atoms with Crippen LogP contribution in [0.2, 0.25) is 0 Å². The van der Waals surface area contributed by atoms with Crippen molar-refractivity contribution in [3.8, 4) is 0 Å². The number of allylic oxidation sites excluding steroid dienone is 14. The van der Waals surface area contributed by atoms with E-state index in [-0.39, 0.29) is 25.2 Å². The minimum atomic E-state index is -0.780. The molecule has 5 heteroatoms. The largest absolute Gasteiger partial charge is 0.462 e. The second-order valence-electron chi connectivity index (χ2n) is 16.5. The molecule has 0 heterocycles. The highest BCUT2D eigenvalue weighted by Crippen LogP contribution is 2.15. The molecule has 0 aliphatic heterocycles. The van der Waals surface area contributed by atoms with E-state index in [0.717, 1.165) is 83.5 Å². The van der Waals surface area contributed by atoms with Crippen molar-refractivity contribution < 1.29 is 24.2 Å². The van der Waals surface area contributed by atoms with Crippen LogP contribution in [0.25, 0.3) is 0 Å². The van der Waals surface area contributed by atoms with E-state index in [4.69, 9.17) is 9.47 Å². The van der Waals surface area contributed by atoms with Gasteiger partial charge < -0.3 is 14.6 Å². The lowest BCUT2D eigenvalue weighted by Gasteiger charge is -2.15. The van der Waals surface area contributed by atoms with Crippen LogP contribution in [0, 0.1) is 0 Å². The average molecular weight is 835 g/mol. The number of ether oxygens (including phenoxy) is 2. The molecule has 0 saturated heterocycles. The van der Waals surface area contributed by atoms with Gasteiger partial charge in [-0.15, -0.1) is 0 Å². The van der Waals surface area contributed by atoms with E-state index in [1.165, 1.54) is 122 Å². The molecular formula is C55H94O5. The zero-order chi connectivity index (χ0) is 43.5. The first-order valence-electron chi connectivity index (χ1n) is 25.1. The maximum absolute atomic E-state index is 12.3. The lowest BCUT2D eigenvalue weighted by atomic mass is 10.0. The van der Waals surface area contributed by atoms with Gasteiger partial charge in [0.1, 0.15) is 6.61 Å². The predicted molar refractivity (Wildman–Crippen MR) is 260 cm³/mol. The molecule has 0 aromatic heterocycles. The van der Waals surface area contributed by atoms with Crippen molar-refractivity contribution in [3.63, 3.8) is 0 Å². The highest BCUT2D eigenvalue weighted by Gasteiger charge is 2.16. The molecular weight excluding hydrogens is 741 g/mol. The molecule has 0 saturated carbocycles. The molecule has 0 fully saturated rings. The Morgan fingerprint density at radius 2 is 0.717 bits per heavy atom. The van der Waals surface area contributed by atoms with Crippen molar-refractivity contribution in [2.75, 3.05) is 13.2 Å². The third-order valence-electron chi connectivity index (χ3n) is 10.7. The van der Waals surface area contributed by atoms with Gasteiger partial charge in [-0.25, -0.2) is 0 Å². The molecule has 1 atom stereocenters. The van der Waals surface area contributed by atoms with Crippen LogP contribution in [0.3, 0.4) is 0 Å². The topological polar surface area (TPSA) is 72.8 Å². The van der Waals surface area contributed by atoms with Gasteiger partial charge in [0, 0.05) is 12.8 Å². The van der Waals surface area contributed by atoms with Gasteiger partial charge in [-0.3, -0.25) is 9.59 Å². The summed E-state index contributed by atoms with van der Waals surface area (Å²) in [6.45, 7) is 4.00. The zero-order valence-electron chi connectivity index (χ0n) is 39.2. The predicted octanol–water partition coefficient (Wildman–Crippen LogP) is 16.6. The molecule has 0 aliphatic carbocycles. The molecule has 5 nitrogen and oxygen atoms in total. The molecule has 0 radical (unpaired) electrons. The molecule has 0 bridgehead atoms. The molecule has 0 rings (SSSR count). The number of rotatable bonds is 45. The number of aliphatic hydroxyl groups is 1. The Morgan fingerprint density at radius 1 is 0.400 bits per heavy atom. The maximum Gasteiger partial charge on any atom is 0.306 e. The second-order valence-corrected chi connectivity index (χ2v) is 16.5. The van der Waals surface area contributed by atoms with Gasteiger partial charge in [0.25, 0.3) is 0 Å². The van der Waals surface area contributed by atoms with E-state index in [0.29, 0.717) is 12.8 Å². The second kappa shape index (κ2) is 50.4. The number of hydrogen-bond acceptors (Lipinski definition) is 5. The molecule has 60 heavy (non-hydrogen) atoms. The van der Waals surface area contributed by atoms with Crippen molar-refractivity contribution in [3.05, 3.63) is 85.1 Å². The Morgan fingerprint density at radius 3 is 1.08 bits per heavy atom. The zero-order valence-corrected chi connectivity index (χ0v) is 39.2. The maximum atomic E-state index is 12.3. The Bertz CT molecular complexity index is 1130. The van der Waals surface area contributed by atoms with E-state index >= 15 is 0 Å². The van der Waals surface area contributed by atoms with E-state index in [1.807, 2.05) is 0 Å². The van der Waals surface area contributed by atoms with Crippen LogP contribution in [0.15, 0.2) is 85.1 Å². The average Bonchev–Trinajstić information content (AvgIpc) is 3.25. The van der Waals surface area contributed by atoms with Gasteiger partial charge in [0.15, 0.2) is 6.10 Å². The Hall–Kier alpha value is -2.92. The Balaban J connectivity index is 3.52. The first-order valence-corrected chi connectivity index (χ1v) is 25.1. The van der Waals surface area contributed by atoms with E-state index in [2.05, 4.69) is 98.9 Å². The molecule has 1 unspecified atom stereocenters. The Kier molecular flexibility index (Phi) is 48.0. The number of hydrogen-bond donors (Lipinski definition) is 1. The molecule has 1 N–H and O–H groups in total. The monoisotopic (exact) mass is 835 g/mol. The van der Waals surface area contributed by atoms with Gasteiger partial charge in [-0.2, -0.15) is 0 Å². The highest BCUT2D eigenvalue weighted by atomic mass is 16.6. The molecule has 344 valence electrons. The number of unbranched alkanes of at least 4 members (excludes halogenated alkanes) is 23. The third-order valence-corrected chi connectivity index (χ3v) is 10.7. The summed E-state index contributed by atoms with van der Waals surface area (Å²) in [7, 11) is 0. The fourth-order valence-electron chi connectivity index (χ4n) is 6.91. The van der Waals surface area contributed by atoms with Crippen LogP contribution < -0.4 is 0 Å². The number of carbonyl (C=O) groups is 2. The first-order chi connectivity index (χ1) is 29.6. The van der Waals surface area contributed by atoms with Crippen molar-refractivity contribution in [2.45, 2.75) is 238 Å². The van der Waals surface area contributed by atoms with Gasteiger partial charge >= 0.3 is 11.9 Å². The van der Waals surface area contributed by atoms with Gasteiger partial charge in [0.2, 0.25) is 0 Å². The molecule has 0 aliphatic rings. The molecule has 0 aromatic carbocycles. The summed E-state index contributed by atoms with van der Waals surface area (Å²) >= 11 is 0. The van der Waals surface area contributed by atoms with Crippen molar-refractivity contribution >= 4 is 11.9 Å². The minimum Gasteiger partial charge on any atom is -0.462 e. The number of esters is 2. The number of carbonyl (C=O) groups excluding carboxylic acids is 2. The van der Waals surface area contributed by atoms with Crippen LogP contribution in [-0.2, 0) is 19.1 Å². The van der Waals surface area contributed by atoms with Crippen LogP contribution in [0.4, 0.5) is 0 Å². The Labute approximate surface area is 371 Å². The lowest BCUT2D eigenvalue weighted by molar-refractivity contribution is -0.161. The number of aliphatic hydroxyl groups excluding tert-OH is 1. The van der Waals surface area contributed by atoms with E-state index < -0.39 is 6.10 Å². The fraction of sp³-hybridized carbons (Fsp3) is 0.709. The SMILES string of the molecule is CC/C=C\C/C=C\C/C=C\C/C=C\C/C=C\CCCCCCCCCCCCCCCC(=O)OC(CO)COC(=O)CCCCCCCCC/C=C\C/C=C\CCCCC. The summed E-state index contributed by atoms with van der Waals surface area (Å²) in [5, 5.41) is 9.62.